The highest BCUT2D eigenvalue weighted by atomic mass is 32.2. The van der Waals surface area contributed by atoms with Crippen LogP contribution < -0.4 is 4.98 Å². The molecule has 0 saturated heterocycles. The van der Waals surface area contributed by atoms with Gasteiger partial charge in [0.15, 0.2) is 11.5 Å². The Labute approximate surface area is 207 Å². The van der Waals surface area contributed by atoms with Crippen LogP contribution in [0.2, 0.25) is 0 Å². The number of rotatable bonds is 7. The lowest BCUT2D eigenvalue weighted by atomic mass is 10.1. The maximum atomic E-state index is 13.2. The summed E-state index contributed by atoms with van der Waals surface area (Å²) in [5.74, 6) is -1.16. The molecule has 2 aromatic heterocycles. The first-order valence-electron chi connectivity index (χ1n) is 10.7. The molecule has 3 rings (SSSR count). The number of nitriles is 1. The Bertz CT molecular complexity index is 1350. The number of pyridine rings is 1. The van der Waals surface area contributed by atoms with Crippen LogP contribution in [0, 0.1) is 39.0 Å². The number of carbonyl (C=O) groups excluding carboxylic acids is 3. The van der Waals surface area contributed by atoms with E-state index < -0.39 is 11.9 Å². The number of hydrogen-bond donors (Lipinski definition) is 0. The van der Waals surface area contributed by atoms with Gasteiger partial charge < -0.3 is 14.0 Å². The Kier molecular flexibility index (Phi) is 7.77. The Morgan fingerprint density at radius 1 is 0.971 bits per heavy atom. The topological polar surface area (TPSA) is 113 Å². The number of aromatic nitrogens is 2. The molecule has 0 aliphatic heterocycles. The summed E-state index contributed by atoms with van der Waals surface area (Å²) >= 11 is 1.28. The van der Waals surface area contributed by atoms with Crippen LogP contribution in [-0.4, -0.2) is 42.3 Å². The minimum Gasteiger partial charge on any atom is -0.465 e. The molecule has 0 unspecified atom stereocenters. The molecule has 0 amide bonds. The van der Waals surface area contributed by atoms with E-state index in [-0.39, 0.29) is 22.7 Å². The number of methoxy groups -OCH3 is 2. The summed E-state index contributed by atoms with van der Waals surface area (Å²) in [7, 11) is 2.52. The summed E-state index contributed by atoms with van der Waals surface area (Å²) in [6.45, 7) is 7.41. The van der Waals surface area contributed by atoms with Gasteiger partial charge in [-0.2, -0.15) is 5.26 Å². The largest absolute Gasteiger partial charge is 0.465 e. The monoisotopic (exact) mass is 492 g/mol. The summed E-state index contributed by atoms with van der Waals surface area (Å²) in [4.78, 5) is 40.7. The highest BCUT2D eigenvalue weighted by Gasteiger charge is 2.22. The van der Waals surface area contributed by atoms with Crippen molar-refractivity contribution in [3.8, 4) is 11.8 Å². The van der Waals surface area contributed by atoms with Crippen molar-refractivity contribution in [1.82, 2.24) is 4.57 Å². The normalized spacial score (nSPS) is 10.5. The second-order valence-corrected chi connectivity index (χ2v) is 9.02. The molecule has 35 heavy (non-hydrogen) atoms. The van der Waals surface area contributed by atoms with Gasteiger partial charge in [0.05, 0.1) is 31.1 Å². The molecule has 1 N–H and O–H groups in total. The molecule has 0 radical (unpaired) electrons. The molecule has 2 heterocycles. The van der Waals surface area contributed by atoms with Gasteiger partial charge in [0.25, 0.3) is 5.03 Å². The third kappa shape index (κ3) is 5.28. The molecule has 0 atom stereocenters. The zero-order valence-electron chi connectivity index (χ0n) is 20.4. The van der Waals surface area contributed by atoms with E-state index in [1.165, 1.54) is 32.0 Å². The minimum absolute atomic E-state index is 0.108. The van der Waals surface area contributed by atoms with Gasteiger partial charge in [0, 0.05) is 35.6 Å². The van der Waals surface area contributed by atoms with Gasteiger partial charge in [-0.1, -0.05) is 0 Å². The minimum atomic E-state index is -0.592. The van der Waals surface area contributed by atoms with Crippen molar-refractivity contribution in [2.45, 2.75) is 32.7 Å². The van der Waals surface area contributed by atoms with Crippen LogP contribution in [0.5, 0.6) is 0 Å². The Morgan fingerprint density at radius 3 is 2.11 bits per heavy atom. The fraction of sp³-hybridized carbons (Fsp3) is 0.269. The lowest BCUT2D eigenvalue weighted by molar-refractivity contribution is -0.435. The Balaban J connectivity index is 1.98. The number of thioether (sulfide) groups is 1. The number of aromatic amines is 1. The quantitative estimate of drug-likeness (QED) is 0.279. The molecule has 1 aromatic carbocycles. The van der Waals surface area contributed by atoms with Gasteiger partial charge >= 0.3 is 11.9 Å². The summed E-state index contributed by atoms with van der Waals surface area (Å²) in [6.07, 6.45) is 0. The van der Waals surface area contributed by atoms with E-state index in [2.05, 4.69) is 11.1 Å². The van der Waals surface area contributed by atoms with Gasteiger partial charge in [-0.05, 0) is 62.4 Å². The molecule has 0 spiro atoms. The number of H-pyrrole nitrogens is 1. The van der Waals surface area contributed by atoms with Crippen molar-refractivity contribution >= 4 is 29.5 Å². The van der Waals surface area contributed by atoms with E-state index in [1.54, 1.807) is 29.7 Å². The number of nitrogens with zero attached hydrogens (tertiary/aromatic N) is 2. The number of Topliss-reactive ketones (excluding diaryl/α,β-unsaturated/α-hetero) is 1. The van der Waals surface area contributed by atoms with Crippen LogP contribution in [0.15, 0.2) is 35.4 Å². The first-order valence-corrected chi connectivity index (χ1v) is 11.7. The number of ketones is 1. The summed E-state index contributed by atoms with van der Waals surface area (Å²) in [5, 5.41) is 10.2. The summed E-state index contributed by atoms with van der Waals surface area (Å²) in [5.41, 5.74) is 5.12. The number of esters is 2. The van der Waals surface area contributed by atoms with Crippen LogP contribution >= 0.6 is 11.8 Å². The number of carbonyl (C=O) groups is 3. The van der Waals surface area contributed by atoms with Crippen LogP contribution in [0.4, 0.5) is 0 Å². The molecular weight excluding hydrogens is 466 g/mol. The summed E-state index contributed by atoms with van der Waals surface area (Å²) in [6, 6.07) is 10.5. The second-order valence-electron chi connectivity index (χ2n) is 8.04. The zero-order valence-corrected chi connectivity index (χ0v) is 21.3. The third-order valence-corrected chi connectivity index (χ3v) is 6.58. The molecule has 9 heteroatoms. The molecule has 0 fully saturated rings. The maximum absolute atomic E-state index is 13.2. The van der Waals surface area contributed by atoms with Crippen molar-refractivity contribution in [3.05, 3.63) is 75.2 Å². The zero-order chi connectivity index (χ0) is 25.9. The van der Waals surface area contributed by atoms with E-state index in [4.69, 9.17) is 9.47 Å². The van der Waals surface area contributed by atoms with Crippen molar-refractivity contribution in [3.63, 3.8) is 0 Å². The summed E-state index contributed by atoms with van der Waals surface area (Å²) < 4.78 is 11.5. The van der Waals surface area contributed by atoms with Gasteiger partial charge in [0.1, 0.15) is 11.6 Å². The van der Waals surface area contributed by atoms with Crippen LogP contribution in [0.3, 0.4) is 0 Å². The van der Waals surface area contributed by atoms with E-state index in [9.17, 15) is 19.6 Å². The van der Waals surface area contributed by atoms with Crippen LogP contribution in [0.25, 0.3) is 5.69 Å². The highest BCUT2D eigenvalue weighted by molar-refractivity contribution is 7.99. The molecule has 0 bridgehead atoms. The van der Waals surface area contributed by atoms with Crippen LogP contribution in [-0.2, 0) is 9.47 Å². The van der Waals surface area contributed by atoms with Gasteiger partial charge in [0.2, 0.25) is 0 Å². The van der Waals surface area contributed by atoms with E-state index in [0.29, 0.717) is 27.5 Å². The van der Waals surface area contributed by atoms with E-state index >= 15 is 0 Å². The van der Waals surface area contributed by atoms with Crippen LogP contribution in [0.1, 0.15) is 59.3 Å². The lowest BCUT2D eigenvalue weighted by Gasteiger charge is -2.13. The van der Waals surface area contributed by atoms with Crippen molar-refractivity contribution in [1.29, 1.82) is 5.26 Å². The number of nitrogens with one attached hydrogen (secondary N) is 1. The molecule has 8 nitrogen and oxygen atoms in total. The molecule has 0 aliphatic carbocycles. The fourth-order valence-corrected chi connectivity index (χ4v) is 4.99. The Morgan fingerprint density at radius 2 is 1.57 bits per heavy atom. The lowest BCUT2D eigenvalue weighted by Crippen LogP contribution is -2.15. The molecule has 3 aromatic rings. The first kappa shape index (κ1) is 25.7. The smallest absolute Gasteiger partial charge is 0.337 e. The van der Waals surface area contributed by atoms with Gasteiger partial charge in [-0.15, -0.1) is 0 Å². The van der Waals surface area contributed by atoms with E-state index in [1.807, 2.05) is 26.8 Å². The average Bonchev–Trinajstić information content (AvgIpc) is 3.14. The average molecular weight is 493 g/mol. The maximum Gasteiger partial charge on any atom is 0.337 e. The number of hydrogen-bond acceptors (Lipinski definition) is 7. The molecule has 180 valence electrons. The molecule has 0 saturated carbocycles. The van der Waals surface area contributed by atoms with Gasteiger partial charge in [-0.3, -0.25) is 4.79 Å². The van der Waals surface area contributed by atoms with Crippen molar-refractivity contribution in [2.75, 3.05) is 20.0 Å². The third-order valence-electron chi connectivity index (χ3n) is 5.57. The van der Waals surface area contributed by atoms with E-state index in [0.717, 1.165) is 17.0 Å². The first-order chi connectivity index (χ1) is 16.6. The standard InChI is InChI=1S/C26H25N3O5S/c1-14-7-15(2)28-24(22(14)12-27)35-13-23(30)21-8-16(3)29(17(21)4)20-10-18(25(31)33-5)9-19(11-20)26(32)34-6/h7-11H,13H2,1-6H3/p+1. The molecular formula is C26H26N3O5S+. The molecule has 0 aliphatic rings. The number of ether oxygens (including phenoxy) is 2. The number of aryl methyl sites for hydroxylation is 3. The van der Waals surface area contributed by atoms with Gasteiger partial charge in [-0.25, -0.2) is 14.6 Å². The predicted molar refractivity (Wildman–Crippen MR) is 130 cm³/mol. The predicted octanol–water partition coefficient (Wildman–Crippen LogP) is 3.94. The van der Waals surface area contributed by atoms with Crippen molar-refractivity contribution in [2.24, 2.45) is 0 Å². The number of benzene rings is 1. The SMILES string of the molecule is COC(=O)c1cc(C(=O)OC)cc(-n2c(C)cc(C(=O)CSc3[nH+]c(C)cc(C)c3C#N)c2C)c1. The Hall–Kier alpha value is -3.90. The second kappa shape index (κ2) is 10.6. The van der Waals surface area contributed by atoms with Crippen molar-refractivity contribution < 1.29 is 28.8 Å². The fourth-order valence-electron chi connectivity index (χ4n) is 3.97. The highest BCUT2D eigenvalue weighted by Crippen LogP contribution is 2.27.